The molecular weight excluding hydrogens is 620 g/mol. The van der Waals surface area contributed by atoms with Gasteiger partial charge in [0.15, 0.2) is 5.84 Å². The Labute approximate surface area is 264 Å². The van der Waals surface area contributed by atoms with Crippen molar-refractivity contribution in [3.05, 3.63) is 82.9 Å². The number of amidine groups is 1. The monoisotopic (exact) mass is 654 g/mol. The van der Waals surface area contributed by atoms with Crippen molar-refractivity contribution in [3.8, 4) is 5.75 Å². The van der Waals surface area contributed by atoms with Crippen LogP contribution in [0.3, 0.4) is 0 Å². The highest BCUT2D eigenvalue weighted by Crippen LogP contribution is 2.32. The van der Waals surface area contributed by atoms with Crippen LogP contribution >= 0.6 is 11.3 Å². The van der Waals surface area contributed by atoms with Gasteiger partial charge in [0.25, 0.3) is 0 Å². The topological polar surface area (TPSA) is 194 Å². The van der Waals surface area contributed by atoms with Gasteiger partial charge in [-0.15, -0.1) is 11.3 Å². The van der Waals surface area contributed by atoms with E-state index in [4.69, 9.17) is 25.4 Å². The number of nitrogens with one attached hydrogen (secondary N) is 3. The van der Waals surface area contributed by atoms with E-state index >= 15 is 0 Å². The Kier molecular flexibility index (Phi) is 10.3. The maximum Gasteiger partial charge on any atom is 0.408 e. The number of hydrogen-bond donors (Lipinski definition) is 5. The average Bonchev–Trinajstić information content (AvgIpc) is 3.42. The molecule has 4 rings (SSSR count). The number of nitrogens with two attached hydrogens (primary N) is 1. The minimum Gasteiger partial charge on any atom is -0.497 e. The second-order valence-corrected chi connectivity index (χ2v) is 13.7. The zero-order valence-electron chi connectivity index (χ0n) is 25.0. The van der Waals surface area contributed by atoms with E-state index < -0.39 is 33.7 Å². The van der Waals surface area contributed by atoms with Gasteiger partial charge in [0.05, 0.1) is 28.3 Å². The number of alkyl carbamates (subject to hydrolysis) is 1. The van der Waals surface area contributed by atoms with Crippen LogP contribution in [0.25, 0.3) is 10.2 Å². The number of sulfonamides is 1. The number of nitrogens with zero attached hydrogens (tertiary/aromatic N) is 2. The average molecular weight is 655 g/mol. The fourth-order valence-electron chi connectivity index (χ4n) is 4.20. The van der Waals surface area contributed by atoms with Crippen LogP contribution in [-0.4, -0.2) is 55.7 Å². The van der Waals surface area contributed by atoms with Crippen molar-refractivity contribution >= 4 is 55.1 Å². The van der Waals surface area contributed by atoms with Crippen molar-refractivity contribution < 1.29 is 32.7 Å². The Bertz CT molecular complexity index is 1830. The molecule has 4 aromatic rings. The van der Waals surface area contributed by atoms with Crippen molar-refractivity contribution in [2.45, 2.75) is 43.7 Å². The number of methoxy groups -OCH3 is 1. The lowest BCUT2D eigenvalue weighted by molar-refractivity contribution is -0.115. The predicted molar refractivity (Wildman–Crippen MR) is 171 cm³/mol. The molecule has 0 aliphatic rings. The van der Waals surface area contributed by atoms with Crippen LogP contribution in [0.2, 0.25) is 0 Å². The molecule has 0 saturated heterocycles. The molecule has 13 nitrogen and oxygen atoms in total. The lowest BCUT2D eigenvalue weighted by Gasteiger charge is -2.19. The number of thiazole rings is 1. The molecule has 238 valence electrons. The number of ether oxygens (including phenoxy) is 2. The highest BCUT2D eigenvalue weighted by molar-refractivity contribution is 7.89. The number of fused-ring (bicyclic) bond motifs is 1. The quantitative estimate of drug-likeness (QED) is 0.0684. The van der Waals surface area contributed by atoms with Gasteiger partial charge in [-0.05, 0) is 75.2 Å². The van der Waals surface area contributed by atoms with E-state index in [-0.39, 0.29) is 29.4 Å². The van der Waals surface area contributed by atoms with Crippen molar-refractivity contribution in [2.75, 3.05) is 19.0 Å². The molecule has 0 unspecified atom stereocenters. The van der Waals surface area contributed by atoms with Crippen molar-refractivity contribution in [1.29, 1.82) is 0 Å². The Balaban J connectivity index is 1.58. The lowest BCUT2D eigenvalue weighted by atomic mass is 10.0. The van der Waals surface area contributed by atoms with E-state index in [1.807, 2.05) is 6.07 Å². The summed E-state index contributed by atoms with van der Waals surface area (Å²) < 4.78 is 41.4. The molecule has 6 N–H and O–H groups in total. The number of hydrogen-bond acceptors (Lipinski definition) is 10. The first-order chi connectivity index (χ1) is 21.3. The molecule has 0 fully saturated rings. The zero-order chi connectivity index (χ0) is 32.8. The number of anilines is 1. The van der Waals surface area contributed by atoms with Gasteiger partial charge in [-0.1, -0.05) is 29.4 Å². The Morgan fingerprint density at radius 3 is 2.56 bits per heavy atom. The Morgan fingerprint density at radius 1 is 1.09 bits per heavy atom. The van der Waals surface area contributed by atoms with Crippen molar-refractivity contribution in [3.63, 3.8) is 0 Å². The van der Waals surface area contributed by atoms with Gasteiger partial charge in [0.1, 0.15) is 22.9 Å². The van der Waals surface area contributed by atoms with E-state index in [2.05, 4.69) is 20.5 Å². The summed E-state index contributed by atoms with van der Waals surface area (Å²) in [7, 11) is -2.59. The summed E-state index contributed by atoms with van der Waals surface area (Å²) in [6.45, 7) is 4.72. The van der Waals surface area contributed by atoms with E-state index in [9.17, 15) is 18.0 Å². The summed E-state index contributed by atoms with van der Waals surface area (Å²) in [4.78, 5) is 28.9. The molecule has 2 amide bonds. The molecule has 15 heteroatoms. The molecule has 1 atom stereocenters. The van der Waals surface area contributed by atoms with Gasteiger partial charge >= 0.3 is 6.09 Å². The molecule has 1 aromatic heterocycles. The van der Waals surface area contributed by atoms with Crippen LogP contribution in [-0.2, 0) is 26.0 Å². The number of amides is 2. The summed E-state index contributed by atoms with van der Waals surface area (Å²) >= 11 is 1.32. The van der Waals surface area contributed by atoms with Gasteiger partial charge in [-0.2, -0.15) is 0 Å². The summed E-state index contributed by atoms with van der Waals surface area (Å²) in [5.74, 6) is -0.0145. The normalized spacial score (nSPS) is 12.8. The Hall–Kier alpha value is -4.73. The number of benzene rings is 3. The molecule has 0 bridgehead atoms. The highest BCUT2D eigenvalue weighted by atomic mass is 32.2. The van der Waals surface area contributed by atoms with Crippen LogP contribution in [0.4, 0.5) is 10.5 Å². The third-order valence-electron chi connectivity index (χ3n) is 6.20. The van der Waals surface area contributed by atoms with Crippen LogP contribution < -0.4 is 25.8 Å². The van der Waals surface area contributed by atoms with Crippen molar-refractivity contribution in [2.24, 2.45) is 10.9 Å². The number of rotatable bonds is 11. The molecule has 1 heterocycles. The van der Waals surface area contributed by atoms with Gasteiger partial charge < -0.3 is 31.0 Å². The standard InChI is InChI=1S/C30H34N6O7S2/c1-30(2,3)43-29(38)32-17-26(37)33-20-9-6-10-22(15-20)45(40,41)36-24(14-18-7-5-8-19(13-18)27(31)35-39)28-34-23-12-11-21(42-4)16-25(23)44-28/h5-13,15-16,24,36,39H,14,17H2,1-4H3,(H2,31,35)(H,32,38)(H,33,37)/t24-/m1/s1. The number of aromatic nitrogens is 1. The fourth-order valence-corrected chi connectivity index (χ4v) is 6.56. The number of oxime groups is 1. The summed E-state index contributed by atoms with van der Waals surface area (Å²) in [5, 5.41) is 17.6. The van der Waals surface area contributed by atoms with Gasteiger partial charge in [0.2, 0.25) is 15.9 Å². The first-order valence-electron chi connectivity index (χ1n) is 13.7. The third-order valence-corrected chi connectivity index (χ3v) is 8.80. The van der Waals surface area contributed by atoms with Crippen LogP contribution in [0, 0.1) is 0 Å². The molecule has 0 radical (unpaired) electrons. The van der Waals surface area contributed by atoms with Gasteiger partial charge in [0, 0.05) is 11.3 Å². The first-order valence-corrected chi connectivity index (χ1v) is 16.0. The smallest absolute Gasteiger partial charge is 0.408 e. The lowest BCUT2D eigenvalue weighted by Crippen LogP contribution is -2.37. The maximum atomic E-state index is 13.7. The second-order valence-electron chi connectivity index (χ2n) is 10.9. The molecule has 0 aliphatic carbocycles. The minimum atomic E-state index is -4.15. The SMILES string of the molecule is COc1ccc2nc([C@@H](Cc3cccc(C(N)=NO)c3)NS(=O)(=O)c3cccc(NC(=O)CNC(=O)OC(C)(C)C)c3)sc2c1. The van der Waals surface area contributed by atoms with Gasteiger partial charge in [-0.25, -0.2) is 22.9 Å². The van der Waals surface area contributed by atoms with E-state index in [0.717, 1.165) is 4.70 Å². The largest absolute Gasteiger partial charge is 0.497 e. The van der Waals surface area contributed by atoms with Crippen LogP contribution in [0.1, 0.15) is 42.9 Å². The van der Waals surface area contributed by atoms with Gasteiger partial charge in [-0.3, -0.25) is 4.79 Å². The first kappa shape index (κ1) is 33.2. The third kappa shape index (κ3) is 9.14. The summed E-state index contributed by atoms with van der Waals surface area (Å²) in [5.41, 5.74) is 7.12. The zero-order valence-corrected chi connectivity index (χ0v) is 26.7. The van der Waals surface area contributed by atoms with Crippen molar-refractivity contribution in [1.82, 2.24) is 15.0 Å². The highest BCUT2D eigenvalue weighted by Gasteiger charge is 2.26. The molecule has 45 heavy (non-hydrogen) atoms. The summed E-state index contributed by atoms with van der Waals surface area (Å²) in [6, 6.07) is 17.2. The van der Waals surface area contributed by atoms with E-state index in [0.29, 0.717) is 27.4 Å². The molecule has 0 aliphatic heterocycles. The van der Waals surface area contributed by atoms with E-state index in [1.165, 1.54) is 35.6 Å². The minimum absolute atomic E-state index is 0.0822. The van der Waals surface area contributed by atoms with Crippen LogP contribution in [0.5, 0.6) is 5.75 Å². The summed E-state index contributed by atoms with van der Waals surface area (Å²) in [6.07, 6.45) is -0.565. The van der Waals surface area contributed by atoms with E-state index in [1.54, 1.807) is 64.3 Å². The predicted octanol–water partition coefficient (Wildman–Crippen LogP) is 4.12. The fraction of sp³-hybridized carbons (Fsp3) is 0.267. The second kappa shape index (κ2) is 13.9. The maximum absolute atomic E-state index is 13.7. The Morgan fingerprint density at radius 2 is 1.84 bits per heavy atom. The number of carbonyl (C=O) groups excluding carboxylic acids is 2. The molecule has 0 spiro atoms. The molecule has 0 saturated carbocycles. The molecular formula is C30H34N6O7S2. The number of carbonyl (C=O) groups is 2. The van der Waals surface area contributed by atoms with Crippen LogP contribution in [0.15, 0.2) is 76.8 Å². The molecule has 3 aromatic carbocycles.